The van der Waals surface area contributed by atoms with Gasteiger partial charge in [-0.15, -0.1) is 0 Å². The second kappa shape index (κ2) is 4.67. The standard InChI is InChI=1S/C13H23NO/c1-11(2)10-14-12-5-8-15-13(9-12)6-3-4-7-13/h12,14H,1,3-10H2,2H3. The van der Waals surface area contributed by atoms with E-state index in [9.17, 15) is 0 Å². The summed E-state index contributed by atoms with van der Waals surface area (Å²) in [5.74, 6) is 0. The van der Waals surface area contributed by atoms with Gasteiger partial charge in [-0.25, -0.2) is 0 Å². The Kier molecular flexibility index (Phi) is 3.47. The minimum Gasteiger partial charge on any atom is -0.375 e. The van der Waals surface area contributed by atoms with E-state index in [0.29, 0.717) is 6.04 Å². The molecule has 1 saturated heterocycles. The Balaban J connectivity index is 1.84. The van der Waals surface area contributed by atoms with Gasteiger partial charge < -0.3 is 10.1 Å². The Labute approximate surface area is 93.1 Å². The molecule has 0 aromatic carbocycles. The molecule has 2 fully saturated rings. The molecule has 1 N–H and O–H groups in total. The first-order valence-corrected chi connectivity index (χ1v) is 6.22. The number of ether oxygens (including phenoxy) is 1. The van der Waals surface area contributed by atoms with Gasteiger partial charge in [-0.05, 0) is 32.6 Å². The maximum absolute atomic E-state index is 6.00. The SMILES string of the molecule is C=C(C)CNC1CCOC2(CCCC2)C1. The van der Waals surface area contributed by atoms with Gasteiger partial charge in [0.15, 0.2) is 0 Å². The van der Waals surface area contributed by atoms with Crippen molar-refractivity contribution in [3.05, 3.63) is 12.2 Å². The van der Waals surface area contributed by atoms with Gasteiger partial charge in [0.25, 0.3) is 0 Å². The smallest absolute Gasteiger partial charge is 0.0697 e. The number of rotatable bonds is 3. The third-order valence-corrected chi connectivity index (χ3v) is 3.70. The molecule has 0 radical (unpaired) electrons. The summed E-state index contributed by atoms with van der Waals surface area (Å²) < 4.78 is 6.00. The lowest BCUT2D eigenvalue weighted by Crippen LogP contribution is -2.45. The average Bonchev–Trinajstić information content (AvgIpc) is 2.63. The Morgan fingerprint density at radius 2 is 2.20 bits per heavy atom. The van der Waals surface area contributed by atoms with Crippen molar-refractivity contribution in [3.8, 4) is 0 Å². The minimum absolute atomic E-state index is 0.241. The first kappa shape index (κ1) is 11.2. The Hall–Kier alpha value is -0.340. The van der Waals surface area contributed by atoms with Crippen molar-refractivity contribution >= 4 is 0 Å². The predicted molar refractivity (Wildman–Crippen MR) is 63.0 cm³/mol. The normalized spacial score (nSPS) is 29.5. The third kappa shape index (κ3) is 2.82. The summed E-state index contributed by atoms with van der Waals surface area (Å²) in [6.07, 6.45) is 7.63. The van der Waals surface area contributed by atoms with Crippen molar-refractivity contribution in [2.24, 2.45) is 0 Å². The van der Waals surface area contributed by atoms with Crippen molar-refractivity contribution in [2.45, 2.75) is 57.1 Å². The lowest BCUT2D eigenvalue weighted by atomic mass is 9.89. The van der Waals surface area contributed by atoms with Crippen LogP contribution in [0.1, 0.15) is 45.4 Å². The van der Waals surface area contributed by atoms with Crippen LogP contribution in [0.25, 0.3) is 0 Å². The number of nitrogens with one attached hydrogen (secondary N) is 1. The highest BCUT2D eigenvalue weighted by molar-refractivity contribution is 4.96. The van der Waals surface area contributed by atoms with Crippen LogP contribution in [0.3, 0.4) is 0 Å². The van der Waals surface area contributed by atoms with E-state index >= 15 is 0 Å². The van der Waals surface area contributed by atoms with Crippen molar-refractivity contribution in [2.75, 3.05) is 13.2 Å². The van der Waals surface area contributed by atoms with E-state index in [1.54, 1.807) is 0 Å². The van der Waals surface area contributed by atoms with Gasteiger partial charge in [-0.3, -0.25) is 0 Å². The molecule has 2 aliphatic rings. The number of hydrogen-bond acceptors (Lipinski definition) is 2. The molecule has 1 unspecified atom stereocenters. The van der Waals surface area contributed by atoms with E-state index < -0.39 is 0 Å². The van der Waals surface area contributed by atoms with Crippen LogP contribution in [-0.2, 0) is 4.74 Å². The molecule has 86 valence electrons. The monoisotopic (exact) mass is 209 g/mol. The predicted octanol–water partition coefficient (Wildman–Crippen LogP) is 2.64. The van der Waals surface area contributed by atoms with E-state index in [1.165, 1.54) is 37.7 Å². The van der Waals surface area contributed by atoms with E-state index in [-0.39, 0.29) is 5.60 Å². The van der Waals surface area contributed by atoms with Gasteiger partial charge in [0.05, 0.1) is 5.60 Å². The molecule has 2 rings (SSSR count). The van der Waals surface area contributed by atoms with Gasteiger partial charge in [-0.1, -0.05) is 25.0 Å². The van der Waals surface area contributed by atoms with Crippen LogP contribution < -0.4 is 5.32 Å². The van der Waals surface area contributed by atoms with E-state index in [4.69, 9.17) is 4.74 Å². The zero-order chi connectivity index (χ0) is 10.7. The largest absolute Gasteiger partial charge is 0.375 e. The molecule has 2 nitrogen and oxygen atoms in total. The molecule has 15 heavy (non-hydrogen) atoms. The lowest BCUT2D eigenvalue weighted by molar-refractivity contribution is -0.0832. The Morgan fingerprint density at radius 3 is 2.87 bits per heavy atom. The molecule has 2 heteroatoms. The quantitative estimate of drug-likeness (QED) is 0.721. The van der Waals surface area contributed by atoms with Crippen LogP contribution in [0.4, 0.5) is 0 Å². The molecule has 1 atom stereocenters. The maximum atomic E-state index is 6.00. The first-order valence-electron chi connectivity index (χ1n) is 6.22. The van der Waals surface area contributed by atoms with Crippen LogP contribution in [0.5, 0.6) is 0 Å². The molecule has 0 aromatic rings. The Morgan fingerprint density at radius 1 is 1.47 bits per heavy atom. The molecule has 0 amide bonds. The zero-order valence-electron chi connectivity index (χ0n) is 9.85. The van der Waals surface area contributed by atoms with Gasteiger partial charge in [0.1, 0.15) is 0 Å². The summed E-state index contributed by atoms with van der Waals surface area (Å²) in [5, 5.41) is 3.59. The topological polar surface area (TPSA) is 21.3 Å². The average molecular weight is 209 g/mol. The van der Waals surface area contributed by atoms with Crippen molar-refractivity contribution in [3.63, 3.8) is 0 Å². The van der Waals surface area contributed by atoms with Crippen LogP contribution >= 0.6 is 0 Å². The first-order chi connectivity index (χ1) is 7.20. The fraction of sp³-hybridized carbons (Fsp3) is 0.846. The van der Waals surface area contributed by atoms with Crippen molar-refractivity contribution in [1.82, 2.24) is 5.32 Å². The molecular formula is C13H23NO. The summed E-state index contributed by atoms with van der Waals surface area (Å²) in [6.45, 7) is 7.91. The molecule has 1 aliphatic carbocycles. The second-order valence-corrected chi connectivity index (χ2v) is 5.27. The van der Waals surface area contributed by atoms with Crippen LogP contribution in [0, 0.1) is 0 Å². The van der Waals surface area contributed by atoms with Gasteiger partial charge in [0.2, 0.25) is 0 Å². The molecule has 0 bridgehead atoms. The molecule has 1 heterocycles. The highest BCUT2D eigenvalue weighted by Crippen LogP contribution is 2.39. The Bertz CT molecular complexity index is 231. The van der Waals surface area contributed by atoms with Crippen molar-refractivity contribution in [1.29, 1.82) is 0 Å². The summed E-state index contributed by atoms with van der Waals surface area (Å²) in [6, 6.07) is 0.647. The summed E-state index contributed by atoms with van der Waals surface area (Å²) in [7, 11) is 0. The molecule has 1 saturated carbocycles. The van der Waals surface area contributed by atoms with Gasteiger partial charge in [0, 0.05) is 19.2 Å². The fourth-order valence-electron chi connectivity index (χ4n) is 2.89. The molecular weight excluding hydrogens is 186 g/mol. The van der Waals surface area contributed by atoms with Crippen molar-refractivity contribution < 1.29 is 4.74 Å². The molecule has 1 aliphatic heterocycles. The lowest BCUT2D eigenvalue weighted by Gasteiger charge is -2.38. The minimum atomic E-state index is 0.241. The second-order valence-electron chi connectivity index (χ2n) is 5.27. The highest BCUT2D eigenvalue weighted by Gasteiger charge is 2.39. The third-order valence-electron chi connectivity index (χ3n) is 3.70. The summed E-state index contributed by atoms with van der Waals surface area (Å²) >= 11 is 0. The molecule has 0 aromatic heterocycles. The van der Waals surface area contributed by atoms with Gasteiger partial charge in [-0.2, -0.15) is 0 Å². The maximum Gasteiger partial charge on any atom is 0.0697 e. The fourth-order valence-corrected chi connectivity index (χ4v) is 2.89. The summed E-state index contributed by atoms with van der Waals surface area (Å²) in [5.41, 5.74) is 1.47. The van der Waals surface area contributed by atoms with E-state index in [1.807, 2.05) is 0 Å². The zero-order valence-corrected chi connectivity index (χ0v) is 9.85. The van der Waals surface area contributed by atoms with Crippen LogP contribution in [0.15, 0.2) is 12.2 Å². The van der Waals surface area contributed by atoms with E-state index in [0.717, 1.165) is 19.6 Å². The van der Waals surface area contributed by atoms with Crippen LogP contribution in [-0.4, -0.2) is 24.8 Å². The van der Waals surface area contributed by atoms with Gasteiger partial charge >= 0.3 is 0 Å². The summed E-state index contributed by atoms with van der Waals surface area (Å²) in [4.78, 5) is 0. The van der Waals surface area contributed by atoms with Crippen LogP contribution in [0.2, 0.25) is 0 Å². The van der Waals surface area contributed by atoms with E-state index in [2.05, 4.69) is 18.8 Å². The molecule has 1 spiro atoms. The highest BCUT2D eigenvalue weighted by atomic mass is 16.5. The number of hydrogen-bond donors (Lipinski definition) is 1.